The molecule has 1 unspecified atom stereocenters. The molecule has 0 aliphatic heterocycles. The molecular formula is C13H19NO. The fourth-order valence-corrected chi connectivity index (χ4v) is 1.64. The summed E-state index contributed by atoms with van der Waals surface area (Å²) in [5, 5.41) is 0. The molecule has 82 valence electrons. The van der Waals surface area contributed by atoms with Crippen LogP contribution in [0.3, 0.4) is 0 Å². The van der Waals surface area contributed by atoms with Crippen LogP contribution in [0.25, 0.3) is 0 Å². The first-order chi connectivity index (χ1) is 6.99. The Morgan fingerprint density at radius 3 is 2.27 bits per heavy atom. The summed E-state index contributed by atoms with van der Waals surface area (Å²) in [5.41, 5.74) is 8.72. The SMILES string of the molecule is Cc1cc(C)cc(C(=O)CCC(C)N)c1. The highest BCUT2D eigenvalue weighted by Crippen LogP contribution is 2.12. The van der Waals surface area contributed by atoms with Crippen LogP contribution in [-0.4, -0.2) is 11.8 Å². The zero-order valence-electron chi connectivity index (χ0n) is 9.71. The van der Waals surface area contributed by atoms with Gasteiger partial charge in [0, 0.05) is 18.0 Å². The lowest BCUT2D eigenvalue weighted by molar-refractivity contribution is 0.0978. The van der Waals surface area contributed by atoms with Crippen molar-refractivity contribution >= 4 is 5.78 Å². The van der Waals surface area contributed by atoms with E-state index in [2.05, 4.69) is 6.07 Å². The lowest BCUT2D eigenvalue weighted by atomic mass is 10.0. The maximum absolute atomic E-state index is 11.8. The molecule has 1 aromatic carbocycles. The highest BCUT2D eigenvalue weighted by Gasteiger charge is 2.07. The predicted molar refractivity (Wildman–Crippen MR) is 63.1 cm³/mol. The molecule has 1 aromatic rings. The zero-order valence-corrected chi connectivity index (χ0v) is 9.71. The summed E-state index contributed by atoms with van der Waals surface area (Å²) in [6, 6.07) is 6.05. The Hall–Kier alpha value is -1.15. The normalized spacial score (nSPS) is 12.5. The molecule has 0 saturated heterocycles. The van der Waals surface area contributed by atoms with Crippen molar-refractivity contribution in [2.45, 2.75) is 39.7 Å². The fourth-order valence-electron chi connectivity index (χ4n) is 1.64. The molecule has 0 bridgehead atoms. The van der Waals surface area contributed by atoms with Gasteiger partial charge in [0.1, 0.15) is 0 Å². The lowest BCUT2D eigenvalue weighted by Crippen LogP contribution is -2.16. The van der Waals surface area contributed by atoms with Crippen LogP contribution in [0.2, 0.25) is 0 Å². The minimum absolute atomic E-state index is 0.0971. The summed E-state index contributed by atoms with van der Waals surface area (Å²) in [7, 11) is 0. The molecular weight excluding hydrogens is 186 g/mol. The Bertz CT molecular complexity index is 335. The number of nitrogens with two attached hydrogens (primary N) is 1. The van der Waals surface area contributed by atoms with Gasteiger partial charge in [-0.05, 0) is 39.3 Å². The maximum Gasteiger partial charge on any atom is 0.162 e. The average Bonchev–Trinajstić information content (AvgIpc) is 2.12. The predicted octanol–water partition coefficient (Wildman–Crippen LogP) is 2.61. The van der Waals surface area contributed by atoms with Crippen LogP contribution in [0.1, 0.15) is 41.3 Å². The van der Waals surface area contributed by atoms with Gasteiger partial charge < -0.3 is 5.73 Å². The highest BCUT2D eigenvalue weighted by atomic mass is 16.1. The monoisotopic (exact) mass is 205 g/mol. The molecule has 0 fully saturated rings. The summed E-state index contributed by atoms with van der Waals surface area (Å²) in [4.78, 5) is 11.8. The third kappa shape index (κ3) is 3.84. The largest absolute Gasteiger partial charge is 0.328 e. The van der Waals surface area contributed by atoms with Gasteiger partial charge in [-0.15, -0.1) is 0 Å². The molecule has 15 heavy (non-hydrogen) atoms. The number of benzene rings is 1. The average molecular weight is 205 g/mol. The van der Waals surface area contributed by atoms with E-state index >= 15 is 0 Å². The molecule has 0 radical (unpaired) electrons. The number of ketones is 1. The van der Waals surface area contributed by atoms with Crippen LogP contribution < -0.4 is 5.73 Å². The molecule has 2 nitrogen and oxygen atoms in total. The lowest BCUT2D eigenvalue weighted by Gasteiger charge is -2.06. The van der Waals surface area contributed by atoms with Gasteiger partial charge in [-0.3, -0.25) is 4.79 Å². The maximum atomic E-state index is 11.8. The Morgan fingerprint density at radius 1 is 1.27 bits per heavy atom. The van der Waals surface area contributed by atoms with Crippen LogP contribution in [0.4, 0.5) is 0 Å². The van der Waals surface area contributed by atoms with Crippen LogP contribution in [0.5, 0.6) is 0 Å². The van der Waals surface area contributed by atoms with Gasteiger partial charge in [-0.2, -0.15) is 0 Å². The van der Waals surface area contributed by atoms with Gasteiger partial charge in [0.15, 0.2) is 5.78 Å². The van der Waals surface area contributed by atoms with Crippen LogP contribution in [0.15, 0.2) is 18.2 Å². The number of Topliss-reactive ketones (excluding diaryl/α,β-unsaturated/α-hetero) is 1. The number of aryl methyl sites for hydroxylation is 2. The number of rotatable bonds is 4. The third-order valence-electron chi connectivity index (χ3n) is 2.37. The minimum Gasteiger partial charge on any atom is -0.328 e. The second kappa shape index (κ2) is 5.08. The van der Waals surface area contributed by atoms with E-state index in [0.717, 1.165) is 23.1 Å². The Labute approximate surface area is 91.5 Å². The van der Waals surface area contributed by atoms with Crippen molar-refractivity contribution in [2.24, 2.45) is 5.73 Å². The number of hydrogen-bond donors (Lipinski definition) is 1. The molecule has 1 rings (SSSR count). The van der Waals surface area contributed by atoms with Crippen molar-refractivity contribution < 1.29 is 4.79 Å². The van der Waals surface area contributed by atoms with Crippen molar-refractivity contribution in [3.05, 3.63) is 34.9 Å². The first-order valence-corrected chi connectivity index (χ1v) is 5.36. The zero-order chi connectivity index (χ0) is 11.4. The summed E-state index contributed by atoms with van der Waals surface area (Å²) in [6.45, 7) is 5.94. The second-order valence-corrected chi connectivity index (χ2v) is 4.32. The minimum atomic E-state index is 0.0971. The van der Waals surface area contributed by atoms with E-state index in [9.17, 15) is 4.79 Å². The summed E-state index contributed by atoms with van der Waals surface area (Å²) < 4.78 is 0. The van der Waals surface area contributed by atoms with E-state index in [1.165, 1.54) is 0 Å². The van der Waals surface area contributed by atoms with Gasteiger partial charge >= 0.3 is 0 Å². The third-order valence-corrected chi connectivity index (χ3v) is 2.37. The molecule has 2 heteroatoms. The first-order valence-electron chi connectivity index (χ1n) is 5.36. The highest BCUT2D eigenvalue weighted by molar-refractivity contribution is 5.96. The first kappa shape index (κ1) is 11.9. The quantitative estimate of drug-likeness (QED) is 0.768. The van der Waals surface area contributed by atoms with Crippen molar-refractivity contribution in [3.63, 3.8) is 0 Å². The van der Waals surface area contributed by atoms with E-state index in [-0.39, 0.29) is 11.8 Å². The van der Waals surface area contributed by atoms with E-state index < -0.39 is 0 Å². The summed E-state index contributed by atoms with van der Waals surface area (Å²) >= 11 is 0. The van der Waals surface area contributed by atoms with E-state index in [1.54, 1.807) is 0 Å². The molecule has 0 aliphatic rings. The molecule has 0 aliphatic carbocycles. The summed E-state index contributed by atoms with van der Waals surface area (Å²) in [5.74, 6) is 0.194. The van der Waals surface area contributed by atoms with E-state index in [4.69, 9.17) is 5.73 Å². The van der Waals surface area contributed by atoms with Crippen molar-refractivity contribution in [1.29, 1.82) is 0 Å². The Balaban J connectivity index is 2.73. The van der Waals surface area contributed by atoms with Gasteiger partial charge in [0.05, 0.1) is 0 Å². The van der Waals surface area contributed by atoms with Crippen LogP contribution >= 0.6 is 0 Å². The van der Waals surface area contributed by atoms with Crippen molar-refractivity contribution in [3.8, 4) is 0 Å². The van der Waals surface area contributed by atoms with Crippen LogP contribution in [-0.2, 0) is 0 Å². The van der Waals surface area contributed by atoms with Crippen molar-refractivity contribution in [1.82, 2.24) is 0 Å². The molecule has 0 saturated carbocycles. The summed E-state index contributed by atoms with van der Waals surface area (Å²) in [6.07, 6.45) is 1.30. The number of hydrogen-bond acceptors (Lipinski definition) is 2. The van der Waals surface area contributed by atoms with Gasteiger partial charge in [0.2, 0.25) is 0 Å². The fraction of sp³-hybridized carbons (Fsp3) is 0.462. The van der Waals surface area contributed by atoms with E-state index in [1.807, 2.05) is 32.9 Å². The van der Waals surface area contributed by atoms with Crippen LogP contribution in [0, 0.1) is 13.8 Å². The topological polar surface area (TPSA) is 43.1 Å². The molecule has 0 aromatic heterocycles. The number of carbonyl (C=O) groups excluding carboxylic acids is 1. The molecule has 0 spiro atoms. The van der Waals surface area contributed by atoms with Gasteiger partial charge in [-0.1, -0.05) is 17.2 Å². The molecule has 1 atom stereocenters. The standard InChI is InChI=1S/C13H19NO/c1-9-6-10(2)8-12(7-9)13(15)5-4-11(3)14/h6-8,11H,4-5,14H2,1-3H3. The van der Waals surface area contributed by atoms with Gasteiger partial charge in [0.25, 0.3) is 0 Å². The molecule has 0 heterocycles. The smallest absolute Gasteiger partial charge is 0.162 e. The van der Waals surface area contributed by atoms with Crippen molar-refractivity contribution in [2.75, 3.05) is 0 Å². The second-order valence-electron chi connectivity index (χ2n) is 4.32. The Morgan fingerprint density at radius 2 is 1.80 bits per heavy atom. The number of carbonyl (C=O) groups is 1. The van der Waals surface area contributed by atoms with Gasteiger partial charge in [-0.25, -0.2) is 0 Å². The van der Waals surface area contributed by atoms with E-state index in [0.29, 0.717) is 6.42 Å². The molecule has 0 amide bonds. The Kier molecular flexibility index (Phi) is 4.04. The molecule has 2 N–H and O–H groups in total.